The van der Waals surface area contributed by atoms with Crippen LogP contribution < -0.4 is 11.3 Å². The Kier molecular flexibility index (Phi) is 4.64. The number of nitrogens with two attached hydrogens (primary N) is 1. The van der Waals surface area contributed by atoms with E-state index in [4.69, 9.17) is 5.84 Å². The summed E-state index contributed by atoms with van der Waals surface area (Å²) in [6.07, 6.45) is 6.55. The van der Waals surface area contributed by atoms with Crippen molar-refractivity contribution in [3.8, 4) is 0 Å². The molecule has 19 heavy (non-hydrogen) atoms. The van der Waals surface area contributed by atoms with Gasteiger partial charge in [0.15, 0.2) is 0 Å². The maximum atomic E-state index is 5.95. The minimum Gasteiger partial charge on any atom is -0.271 e. The molecule has 1 fully saturated rings. The van der Waals surface area contributed by atoms with Gasteiger partial charge < -0.3 is 0 Å². The molecule has 106 valence electrons. The van der Waals surface area contributed by atoms with Crippen LogP contribution in [0.1, 0.15) is 63.1 Å². The summed E-state index contributed by atoms with van der Waals surface area (Å²) in [6, 6.07) is 9.09. The molecule has 2 nitrogen and oxygen atoms in total. The van der Waals surface area contributed by atoms with Gasteiger partial charge >= 0.3 is 0 Å². The number of hydrogen-bond acceptors (Lipinski definition) is 2. The molecule has 1 atom stereocenters. The van der Waals surface area contributed by atoms with Gasteiger partial charge in [-0.05, 0) is 43.1 Å². The van der Waals surface area contributed by atoms with E-state index in [1.165, 1.54) is 43.2 Å². The van der Waals surface area contributed by atoms with Crippen LogP contribution in [0.4, 0.5) is 0 Å². The maximum Gasteiger partial charge on any atom is 0.0516 e. The molecule has 0 bridgehead atoms. The molecule has 0 amide bonds. The Morgan fingerprint density at radius 3 is 2.47 bits per heavy atom. The average molecular weight is 260 g/mol. The van der Waals surface area contributed by atoms with Crippen molar-refractivity contribution in [2.75, 3.05) is 0 Å². The van der Waals surface area contributed by atoms with Gasteiger partial charge in [-0.3, -0.25) is 11.3 Å². The molecule has 1 unspecified atom stereocenters. The van der Waals surface area contributed by atoms with Gasteiger partial charge in [-0.15, -0.1) is 0 Å². The number of aryl methyl sites for hydroxylation is 1. The van der Waals surface area contributed by atoms with Crippen LogP contribution >= 0.6 is 0 Å². The molecule has 0 aliphatic heterocycles. The van der Waals surface area contributed by atoms with Crippen molar-refractivity contribution in [3.05, 3.63) is 35.4 Å². The zero-order valence-electron chi connectivity index (χ0n) is 12.6. The van der Waals surface area contributed by atoms with Crippen molar-refractivity contribution in [2.24, 2.45) is 17.2 Å². The largest absolute Gasteiger partial charge is 0.271 e. The van der Waals surface area contributed by atoms with Gasteiger partial charge in [-0.2, -0.15) is 0 Å². The summed E-state index contributed by atoms with van der Waals surface area (Å²) >= 11 is 0. The lowest BCUT2D eigenvalue weighted by atomic mass is 9.70. The van der Waals surface area contributed by atoms with E-state index < -0.39 is 0 Å². The molecule has 1 aromatic carbocycles. The first-order chi connectivity index (χ1) is 9.07. The van der Waals surface area contributed by atoms with E-state index in [9.17, 15) is 0 Å². The zero-order chi connectivity index (χ0) is 13.9. The van der Waals surface area contributed by atoms with E-state index in [1.54, 1.807) is 0 Å². The predicted octanol–water partition coefficient (Wildman–Crippen LogP) is 4.11. The van der Waals surface area contributed by atoms with Crippen LogP contribution in [0, 0.1) is 18.3 Å². The van der Waals surface area contributed by atoms with E-state index in [-0.39, 0.29) is 6.04 Å². The Morgan fingerprint density at radius 1 is 1.26 bits per heavy atom. The second-order valence-electron chi connectivity index (χ2n) is 6.68. The van der Waals surface area contributed by atoms with Gasteiger partial charge in [0.05, 0.1) is 6.04 Å². The van der Waals surface area contributed by atoms with E-state index in [1.807, 2.05) is 0 Å². The van der Waals surface area contributed by atoms with Crippen LogP contribution in [-0.2, 0) is 0 Å². The van der Waals surface area contributed by atoms with Gasteiger partial charge in [0, 0.05) is 0 Å². The van der Waals surface area contributed by atoms with Gasteiger partial charge in [-0.25, -0.2) is 0 Å². The zero-order valence-corrected chi connectivity index (χ0v) is 12.6. The number of rotatable bonds is 5. The van der Waals surface area contributed by atoms with Crippen LogP contribution in [0.25, 0.3) is 0 Å². The Labute approximate surface area is 117 Å². The maximum absolute atomic E-state index is 5.95. The first-order valence-electron chi connectivity index (χ1n) is 7.60. The summed E-state index contributed by atoms with van der Waals surface area (Å²) < 4.78 is 0. The minimum atomic E-state index is 0.289. The third-order valence-corrected chi connectivity index (χ3v) is 4.57. The van der Waals surface area contributed by atoms with Crippen LogP contribution in [0.2, 0.25) is 0 Å². The Hall–Kier alpha value is -0.860. The summed E-state index contributed by atoms with van der Waals surface area (Å²) in [5, 5.41) is 0. The van der Waals surface area contributed by atoms with Gasteiger partial charge in [-0.1, -0.05) is 56.5 Å². The first-order valence-corrected chi connectivity index (χ1v) is 7.60. The normalized spacial score (nSPS) is 19.8. The second kappa shape index (κ2) is 6.06. The third-order valence-electron chi connectivity index (χ3n) is 4.57. The molecule has 2 heteroatoms. The SMILES string of the molecule is Cc1cccc(C(NN)C2(CC(C)C)CCCC2)c1. The molecular weight excluding hydrogens is 232 g/mol. The predicted molar refractivity (Wildman–Crippen MR) is 81.6 cm³/mol. The van der Waals surface area contributed by atoms with E-state index in [0.29, 0.717) is 5.41 Å². The molecule has 1 aliphatic carbocycles. The third kappa shape index (κ3) is 3.18. The lowest BCUT2D eigenvalue weighted by Crippen LogP contribution is -2.41. The Bertz CT molecular complexity index is 405. The molecule has 0 aromatic heterocycles. The smallest absolute Gasteiger partial charge is 0.0516 e. The van der Waals surface area contributed by atoms with Crippen LogP contribution in [0.5, 0.6) is 0 Å². The highest BCUT2D eigenvalue weighted by molar-refractivity contribution is 5.27. The van der Waals surface area contributed by atoms with Crippen LogP contribution in [0.15, 0.2) is 24.3 Å². The number of hydrazine groups is 1. The summed E-state index contributed by atoms with van der Waals surface area (Å²) in [6.45, 7) is 6.80. The quantitative estimate of drug-likeness (QED) is 0.617. The van der Waals surface area contributed by atoms with Crippen molar-refractivity contribution in [2.45, 2.75) is 58.9 Å². The lowest BCUT2D eigenvalue weighted by Gasteiger charge is -2.39. The summed E-state index contributed by atoms with van der Waals surface area (Å²) in [7, 11) is 0. The van der Waals surface area contributed by atoms with Crippen LogP contribution in [-0.4, -0.2) is 0 Å². The van der Waals surface area contributed by atoms with E-state index in [2.05, 4.69) is 50.5 Å². The standard InChI is InChI=1S/C17H28N2/c1-13(2)12-17(9-4-5-10-17)16(19-18)15-8-6-7-14(3)11-15/h6-8,11,13,16,19H,4-5,9-10,12,18H2,1-3H3. The van der Waals surface area contributed by atoms with Crippen molar-refractivity contribution >= 4 is 0 Å². The molecule has 1 aliphatic rings. The minimum absolute atomic E-state index is 0.289. The fourth-order valence-corrected chi connectivity index (χ4v) is 3.98. The van der Waals surface area contributed by atoms with E-state index >= 15 is 0 Å². The number of hydrogen-bond donors (Lipinski definition) is 2. The molecule has 3 N–H and O–H groups in total. The lowest BCUT2D eigenvalue weighted by molar-refractivity contribution is 0.156. The fourth-order valence-electron chi connectivity index (χ4n) is 3.98. The molecule has 1 saturated carbocycles. The summed E-state index contributed by atoms with van der Waals surface area (Å²) in [5.74, 6) is 6.67. The van der Waals surface area contributed by atoms with Gasteiger partial charge in [0.2, 0.25) is 0 Å². The second-order valence-corrected chi connectivity index (χ2v) is 6.68. The van der Waals surface area contributed by atoms with Crippen LogP contribution in [0.3, 0.4) is 0 Å². The van der Waals surface area contributed by atoms with Crippen molar-refractivity contribution in [1.82, 2.24) is 5.43 Å². The highest BCUT2D eigenvalue weighted by Crippen LogP contribution is 2.51. The molecule has 0 saturated heterocycles. The number of benzene rings is 1. The van der Waals surface area contributed by atoms with Crippen molar-refractivity contribution < 1.29 is 0 Å². The van der Waals surface area contributed by atoms with Gasteiger partial charge in [0.25, 0.3) is 0 Å². The Morgan fingerprint density at radius 2 is 1.95 bits per heavy atom. The molecular formula is C17H28N2. The molecule has 1 aromatic rings. The molecule has 0 spiro atoms. The highest BCUT2D eigenvalue weighted by Gasteiger charge is 2.41. The van der Waals surface area contributed by atoms with Crippen molar-refractivity contribution in [3.63, 3.8) is 0 Å². The topological polar surface area (TPSA) is 38.0 Å². The summed E-state index contributed by atoms with van der Waals surface area (Å²) in [4.78, 5) is 0. The first kappa shape index (κ1) is 14.5. The monoisotopic (exact) mass is 260 g/mol. The van der Waals surface area contributed by atoms with Crippen molar-refractivity contribution in [1.29, 1.82) is 0 Å². The number of nitrogens with one attached hydrogen (secondary N) is 1. The highest BCUT2D eigenvalue weighted by atomic mass is 15.2. The molecule has 0 heterocycles. The fraction of sp³-hybridized carbons (Fsp3) is 0.647. The molecule has 2 rings (SSSR count). The van der Waals surface area contributed by atoms with E-state index in [0.717, 1.165) is 5.92 Å². The summed E-state index contributed by atoms with van der Waals surface area (Å²) in [5.41, 5.74) is 6.14. The Balaban J connectivity index is 2.32. The average Bonchev–Trinajstić information content (AvgIpc) is 2.78. The molecule has 0 radical (unpaired) electrons. The van der Waals surface area contributed by atoms with Gasteiger partial charge in [0.1, 0.15) is 0 Å².